The molecule has 17 heavy (non-hydrogen) atoms. The van der Waals surface area contributed by atoms with E-state index in [-0.39, 0.29) is 24.8 Å². The second kappa shape index (κ2) is 6.74. The summed E-state index contributed by atoms with van der Waals surface area (Å²) in [5.74, 6) is -1.57. The second-order valence-electron chi connectivity index (χ2n) is 3.90. The summed E-state index contributed by atoms with van der Waals surface area (Å²) < 4.78 is 12.6. The summed E-state index contributed by atoms with van der Waals surface area (Å²) in [6.45, 7) is 3.32. The van der Waals surface area contributed by atoms with Crippen LogP contribution in [0.1, 0.15) is 19.5 Å². The Morgan fingerprint density at radius 3 is 2.35 bits per heavy atom. The number of carboxylic acids is 1. The van der Waals surface area contributed by atoms with Crippen LogP contribution in [0.25, 0.3) is 0 Å². The third-order valence-corrected chi connectivity index (χ3v) is 2.43. The lowest BCUT2D eigenvalue weighted by Crippen LogP contribution is -2.47. The molecule has 1 aromatic rings. The molecule has 4 nitrogen and oxygen atoms in total. The maximum atomic E-state index is 12.6. The molecule has 7 heteroatoms. The molecule has 98 valence electrons. The highest BCUT2D eigenvalue weighted by Crippen LogP contribution is 2.24. The lowest BCUT2D eigenvalue weighted by atomic mass is 9.81. The van der Waals surface area contributed by atoms with Crippen molar-refractivity contribution in [3.05, 3.63) is 29.8 Å². The average Bonchev–Trinajstić information content (AvgIpc) is 2.17. The van der Waals surface area contributed by atoms with Crippen LogP contribution in [0, 0.1) is 5.82 Å². The van der Waals surface area contributed by atoms with Gasteiger partial charge in [0.2, 0.25) is 0 Å². The van der Waals surface area contributed by atoms with E-state index in [4.69, 9.17) is 10.8 Å². The molecule has 0 amide bonds. The summed E-state index contributed by atoms with van der Waals surface area (Å²) in [6, 6.07) is 1.60. The first-order valence-electron chi connectivity index (χ1n) is 4.46. The van der Waals surface area contributed by atoms with Crippen LogP contribution in [0.3, 0.4) is 0 Å². The molecule has 0 saturated heterocycles. The number of hydrogen-bond donors (Lipinski definition) is 2. The third kappa shape index (κ3) is 4.11. The number of aliphatic carboxylic acids is 1. The van der Waals surface area contributed by atoms with Crippen molar-refractivity contribution >= 4 is 30.8 Å². The van der Waals surface area contributed by atoms with E-state index in [2.05, 4.69) is 4.98 Å². The van der Waals surface area contributed by atoms with Gasteiger partial charge in [-0.05, 0) is 12.1 Å². The molecule has 0 aliphatic rings. The van der Waals surface area contributed by atoms with Crippen LogP contribution in [0.2, 0.25) is 0 Å². The van der Waals surface area contributed by atoms with Crippen molar-refractivity contribution in [3.8, 4) is 0 Å². The van der Waals surface area contributed by atoms with Gasteiger partial charge in [0.1, 0.15) is 11.9 Å². The maximum Gasteiger partial charge on any atom is 0.321 e. The van der Waals surface area contributed by atoms with Crippen LogP contribution in [0.5, 0.6) is 0 Å². The molecule has 0 radical (unpaired) electrons. The highest BCUT2D eigenvalue weighted by molar-refractivity contribution is 5.85. The normalized spacial score (nSPS) is 12.0. The molecular weight excluding hydrogens is 270 g/mol. The Hall–Kier alpha value is -0.910. The summed E-state index contributed by atoms with van der Waals surface area (Å²) in [6.07, 6.45) is 1.05. The first kappa shape index (κ1) is 18.5. The fourth-order valence-electron chi connectivity index (χ4n) is 1.22. The van der Waals surface area contributed by atoms with Crippen molar-refractivity contribution in [2.75, 3.05) is 0 Å². The fraction of sp³-hybridized carbons (Fsp3) is 0.400. The van der Waals surface area contributed by atoms with Crippen molar-refractivity contribution in [3.63, 3.8) is 0 Å². The van der Waals surface area contributed by atoms with Gasteiger partial charge in [-0.15, -0.1) is 24.8 Å². The fourth-order valence-corrected chi connectivity index (χ4v) is 1.22. The molecular formula is C10H15Cl2FN2O2. The molecule has 0 fully saturated rings. The number of halogens is 3. The van der Waals surface area contributed by atoms with Crippen molar-refractivity contribution in [1.29, 1.82) is 0 Å². The van der Waals surface area contributed by atoms with E-state index < -0.39 is 23.2 Å². The van der Waals surface area contributed by atoms with E-state index >= 15 is 0 Å². The van der Waals surface area contributed by atoms with E-state index in [1.54, 1.807) is 13.8 Å². The highest BCUT2D eigenvalue weighted by atomic mass is 35.5. The Balaban J connectivity index is 0. The van der Waals surface area contributed by atoms with Gasteiger partial charge in [-0.3, -0.25) is 9.78 Å². The van der Waals surface area contributed by atoms with Crippen LogP contribution >= 0.6 is 24.8 Å². The summed E-state index contributed by atoms with van der Waals surface area (Å²) in [7, 11) is 0. The van der Waals surface area contributed by atoms with Gasteiger partial charge in [0.15, 0.2) is 0 Å². The first-order chi connectivity index (χ1) is 6.85. The van der Waals surface area contributed by atoms with E-state index in [1.807, 2.05) is 0 Å². The average molecular weight is 285 g/mol. The van der Waals surface area contributed by atoms with Crippen LogP contribution in [0.4, 0.5) is 4.39 Å². The lowest BCUT2D eigenvalue weighted by Gasteiger charge is -2.27. The molecule has 3 N–H and O–H groups in total. The molecule has 0 aliphatic carbocycles. The first-order valence-corrected chi connectivity index (χ1v) is 4.46. The minimum atomic E-state index is -1.11. The quantitative estimate of drug-likeness (QED) is 0.887. The van der Waals surface area contributed by atoms with Gasteiger partial charge < -0.3 is 10.8 Å². The number of aromatic nitrogens is 1. The topological polar surface area (TPSA) is 76.2 Å². The maximum absolute atomic E-state index is 12.6. The zero-order valence-corrected chi connectivity index (χ0v) is 11.0. The summed E-state index contributed by atoms with van der Waals surface area (Å²) in [4.78, 5) is 14.6. The molecule has 1 unspecified atom stereocenters. The second-order valence-corrected chi connectivity index (χ2v) is 3.90. The largest absolute Gasteiger partial charge is 0.480 e. The smallest absolute Gasteiger partial charge is 0.321 e. The number of carbonyl (C=O) groups is 1. The molecule has 1 atom stereocenters. The summed E-state index contributed by atoms with van der Waals surface area (Å²) in [5.41, 5.74) is 5.15. The Kier molecular flexibility index (Phi) is 7.31. The predicted octanol–water partition coefficient (Wildman–Crippen LogP) is 1.75. The minimum Gasteiger partial charge on any atom is -0.480 e. The van der Waals surface area contributed by atoms with Crippen LogP contribution in [-0.2, 0) is 10.2 Å². The van der Waals surface area contributed by atoms with Crippen molar-refractivity contribution in [2.45, 2.75) is 25.3 Å². The SMILES string of the molecule is CC(C)(c1ccc(F)cn1)C(N)C(=O)O.Cl.Cl. The van der Waals surface area contributed by atoms with Gasteiger partial charge in [-0.25, -0.2) is 4.39 Å². The Morgan fingerprint density at radius 1 is 1.47 bits per heavy atom. The van der Waals surface area contributed by atoms with Gasteiger partial charge in [-0.2, -0.15) is 0 Å². The number of rotatable bonds is 3. The van der Waals surface area contributed by atoms with Crippen molar-refractivity contribution in [2.24, 2.45) is 5.73 Å². The van der Waals surface area contributed by atoms with E-state index in [9.17, 15) is 9.18 Å². The Bertz CT molecular complexity index is 371. The zero-order valence-electron chi connectivity index (χ0n) is 9.38. The number of pyridine rings is 1. The Morgan fingerprint density at radius 2 is 2.00 bits per heavy atom. The van der Waals surface area contributed by atoms with Crippen LogP contribution in [0.15, 0.2) is 18.3 Å². The minimum absolute atomic E-state index is 0. The van der Waals surface area contributed by atoms with E-state index in [0.29, 0.717) is 5.69 Å². The highest BCUT2D eigenvalue weighted by Gasteiger charge is 2.34. The number of carboxylic acid groups (broad SMARTS) is 1. The lowest BCUT2D eigenvalue weighted by molar-refractivity contribution is -0.140. The predicted molar refractivity (Wildman–Crippen MR) is 67.3 cm³/mol. The summed E-state index contributed by atoms with van der Waals surface area (Å²) in [5, 5.41) is 8.81. The molecule has 0 aromatic carbocycles. The van der Waals surface area contributed by atoms with Gasteiger partial charge in [0, 0.05) is 11.1 Å². The van der Waals surface area contributed by atoms with Gasteiger partial charge >= 0.3 is 5.97 Å². The van der Waals surface area contributed by atoms with Gasteiger partial charge in [0.05, 0.1) is 6.20 Å². The standard InChI is InChI=1S/C10H13FN2O2.2ClH/c1-10(2,8(12)9(14)15)7-4-3-6(11)5-13-7;;/h3-5,8H,12H2,1-2H3,(H,14,15);2*1H. The molecule has 1 rings (SSSR count). The molecule has 1 heterocycles. The van der Waals surface area contributed by atoms with Crippen LogP contribution in [-0.4, -0.2) is 22.1 Å². The van der Waals surface area contributed by atoms with Gasteiger partial charge in [0.25, 0.3) is 0 Å². The molecule has 1 aromatic heterocycles. The van der Waals surface area contributed by atoms with E-state index in [0.717, 1.165) is 6.20 Å². The van der Waals surface area contributed by atoms with Crippen LogP contribution < -0.4 is 5.73 Å². The monoisotopic (exact) mass is 284 g/mol. The third-order valence-electron chi connectivity index (χ3n) is 2.43. The number of nitrogens with two attached hydrogens (primary N) is 1. The zero-order chi connectivity index (χ0) is 11.6. The number of nitrogens with zero attached hydrogens (tertiary/aromatic N) is 1. The van der Waals surface area contributed by atoms with Gasteiger partial charge in [-0.1, -0.05) is 13.8 Å². The van der Waals surface area contributed by atoms with Crippen molar-refractivity contribution in [1.82, 2.24) is 4.98 Å². The molecule has 0 saturated carbocycles. The molecule has 0 bridgehead atoms. The van der Waals surface area contributed by atoms with Crippen molar-refractivity contribution < 1.29 is 14.3 Å². The van der Waals surface area contributed by atoms with E-state index in [1.165, 1.54) is 12.1 Å². The summed E-state index contributed by atoms with van der Waals surface area (Å²) >= 11 is 0. The molecule has 0 spiro atoms. The Labute approximate surface area is 111 Å². The molecule has 0 aliphatic heterocycles. The number of hydrogen-bond acceptors (Lipinski definition) is 3.